The molecule has 0 saturated heterocycles. The summed E-state index contributed by atoms with van der Waals surface area (Å²) in [6.07, 6.45) is 0. The molecule has 0 nitrogen and oxygen atoms in total. The number of rotatable bonds is 0. The SMILES string of the molecule is P.P.P.[In]. The molecule has 0 aromatic carbocycles. The summed E-state index contributed by atoms with van der Waals surface area (Å²) in [7, 11) is 0. The zero-order chi connectivity index (χ0) is 0. The van der Waals surface area contributed by atoms with Crippen LogP contribution in [0.3, 0.4) is 0 Å². The monoisotopic (exact) mass is 217 g/mol. The van der Waals surface area contributed by atoms with E-state index in [1.165, 1.54) is 0 Å². The molecule has 0 aromatic rings. The van der Waals surface area contributed by atoms with Crippen LogP contribution in [0.25, 0.3) is 0 Å². The average molecular weight is 217 g/mol. The van der Waals surface area contributed by atoms with Gasteiger partial charge >= 0.3 is 0 Å². The van der Waals surface area contributed by atoms with E-state index in [2.05, 4.69) is 0 Å². The predicted molar refractivity (Wildman–Crippen MR) is 39.1 cm³/mol. The molecule has 0 N–H and O–H groups in total. The van der Waals surface area contributed by atoms with Crippen LogP contribution < -0.4 is 0 Å². The molecule has 0 aliphatic carbocycles. The molecule has 0 aliphatic rings. The first kappa shape index (κ1) is 35.2. The van der Waals surface area contributed by atoms with Crippen LogP contribution in [0.4, 0.5) is 0 Å². The second kappa shape index (κ2) is 19.1. The molecule has 0 rings (SSSR count). The summed E-state index contributed by atoms with van der Waals surface area (Å²) in [5.74, 6) is 0. The van der Waals surface area contributed by atoms with Gasteiger partial charge in [-0.1, -0.05) is 0 Å². The Morgan fingerprint density at radius 1 is 0.500 bits per heavy atom. The van der Waals surface area contributed by atoms with Crippen LogP contribution in [0.15, 0.2) is 0 Å². The third-order valence-corrected chi connectivity index (χ3v) is 0. The molecule has 0 aromatic heterocycles. The Morgan fingerprint density at radius 3 is 0.500 bits per heavy atom. The first-order valence-corrected chi connectivity index (χ1v) is 0. The molecule has 0 heterocycles. The van der Waals surface area contributed by atoms with E-state index in [0.717, 1.165) is 0 Å². The molecular formula is H9InP3. The Balaban J connectivity index is 0. The maximum absolute atomic E-state index is 0. The molecule has 0 amide bonds. The molecule has 0 saturated carbocycles. The average Bonchev–Trinajstić information content (AvgIpc) is 0. The van der Waals surface area contributed by atoms with Gasteiger partial charge in [-0.2, -0.15) is 29.7 Å². The smallest absolute Gasteiger partial charge is 0 e. The molecule has 3 atom stereocenters. The predicted octanol–water partition coefficient (Wildman–Crippen LogP) is -0.207. The molecule has 0 aliphatic heterocycles. The van der Waals surface area contributed by atoms with Gasteiger partial charge in [0.15, 0.2) is 0 Å². The van der Waals surface area contributed by atoms with Crippen molar-refractivity contribution in [2.45, 2.75) is 0 Å². The summed E-state index contributed by atoms with van der Waals surface area (Å²) < 4.78 is 0. The van der Waals surface area contributed by atoms with Crippen molar-refractivity contribution in [1.82, 2.24) is 0 Å². The normalized spacial score (nSPS) is 0. The van der Waals surface area contributed by atoms with Gasteiger partial charge in [0.05, 0.1) is 0 Å². The van der Waals surface area contributed by atoms with Gasteiger partial charge in [-0.3, -0.25) is 0 Å². The minimum absolute atomic E-state index is 0. The topological polar surface area (TPSA) is 0 Å². The minimum atomic E-state index is 0. The van der Waals surface area contributed by atoms with Crippen molar-refractivity contribution in [2.75, 3.05) is 0 Å². The van der Waals surface area contributed by atoms with Crippen molar-refractivity contribution < 1.29 is 0 Å². The van der Waals surface area contributed by atoms with Gasteiger partial charge in [0.25, 0.3) is 0 Å². The van der Waals surface area contributed by atoms with Crippen molar-refractivity contribution in [3.8, 4) is 0 Å². The van der Waals surface area contributed by atoms with Gasteiger partial charge in [0, 0.05) is 25.8 Å². The maximum atomic E-state index is 0. The Morgan fingerprint density at radius 2 is 0.500 bits per heavy atom. The van der Waals surface area contributed by atoms with Crippen LogP contribution in [0.2, 0.25) is 0 Å². The Labute approximate surface area is 55.5 Å². The van der Waals surface area contributed by atoms with Gasteiger partial charge in [0.2, 0.25) is 0 Å². The fraction of sp³-hybridized carbons (Fsp3) is 0. The Kier molecular flexibility index (Phi) is 168. The Bertz CT molecular complexity index is 3.25. The van der Waals surface area contributed by atoms with Crippen LogP contribution in [0.5, 0.6) is 0 Å². The Hall–Kier alpha value is 2.16. The summed E-state index contributed by atoms with van der Waals surface area (Å²) in [5, 5.41) is 0. The molecule has 3 unspecified atom stereocenters. The van der Waals surface area contributed by atoms with Crippen LogP contribution in [0, 0.1) is 0 Å². The third-order valence-electron chi connectivity index (χ3n) is 0. The zero-order valence-electron chi connectivity index (χ0n) is 2.70. The van der Waals surface area contributed by atoms with Crippen LogP contribution >= 0.6 is 29.7 Å². The van der Waals surface area contributed by atoms with Crippen molar-refractivity contribution >= 4 is 55.5 Å². The number of hydrogen-bond acceptors (Lipinski definition) is 0. The van der Waals surface area contributed by atoms with E-state index in [4.69, 9.17) is 0 Å². The van der Waals surface area contributed by atoms with E-state index in [1.807, 2.05) is 0 Å². The molecule has 4 heavy (non-hydrogen) atoms. The van der Waals surface area contributed by atoms with Gasteiger partial charge in [-0.15, -0.1) is 0 Å². The number of hydrogen-bond donors (Lipinski definition) is 0. The zero-order valence-corrected chi connectivity index (χ0v) is 10.2. The van der Waals surface area contributed by atoms with E-state index in [1.54, 1.807) is 0 Å². The summed E-state index contributed by atoms with van der Waals surface area (Å²) in [6, 6.07) is 0. The second-order valence-electron chi connectivity index (χ2n) is 0. The van der Waals surface area contributed by atoms with E-state index in [9.17, 15) is 0 Å². The molecule has 0 spiro atoms. The third kappa shape index (κ3) is 8.90. The van der Waals surface area contributed by atoms with E-state index in [-0.39, 0.29) is 55.5 Å². The molecular weight excluding hydrogens is 208 g/mol. The van der Waals surface area contributed by atoms with Crippen molar-refractivity contribution in [1.29, 1.82) is 0 Å². The van der Waals surface area contributed by atoms with Crippen molar-refractivity contribution in [3.05, 3.63) is 0 Å². The van der Waals surface area contributed by atoms with Crippen molar-refractivity contribution in [2.24, 2.45) is 0 Å². The summed E-state index contributed by atoms with van der Waals surface area (Å²) in [4.78, 5) is 0. The summed E-state index contributed by atoms with van der Waals surface area (Å²) >= 11 is 0. The molecule has 3 radical (unpaired) electrons. The maximum Gasteiger partial charge on any atom is 0 e. The standard InChI is InChI=1S/In.3H3P/h;3*1H3. The van der Waals surface area contributed by atoms with E-state index >= 15 is 0 Å². The largest absolute Gasteiger partial charge is 0.153 e. The van der Waals surface area contributed by atoms with Gasteiger partial charge in [0.1, 0.15) is 0 Å². The second-order valence-corrected chi connectivity index (χ2v) is 0. The van der Waals surface area contributed by atoms with Crippen LogP contribution in [-0.2, 0) is 0 Å². The fourth-order valence-corrected chi connectivity index (χ4v) is 0. The van der Waals surface area contributed by atoms with Gasteiger partial charge in [-0.25, -0.2) is 0 Å². The van der Waals surface area contributed by atoms with Crippen molar-refractivity contribution in [3.63, 3.8) is 0 Å². The first-order chi connectivity index (χ1) is 0. The van der Waals surface area contributed by atoms with E-state index in [0.29, 0.717) is 0 Å². The summed E-state index contributed by atoms with van der Waals surface area (Å²) in [5.41, 5.74) is 0. The van der Waals surface area contributed by atoms with Gasteiger partial charge < -0.3 is 0 Å². The molecule has 0 fully saturated rings. The van der Waals surface area contributed by atoms with Gasteiger partial charge in [-0.05, 0) is 0 Å². The molecule has 4 heteroatoms. The van der Waals surface area contributed by atoms with Crippen LogP contribution in [-0.4, -0.2) is 25.8 Å². The molecule has 27 valence electrons. The fourth-order valence-electron chi connectivity index (χ4n) is 0. The quantitative estimate of drug-likeness (QED) is 0.492. The minimum Gasteiger partial charge on any atom is -0.153 e. The van der Waals surface area contributed by atoms with Crippen LogP contribution in [0.1, 0.15) is 0 Å². The first-order valence-electron chi connectivity index (χ1n) is 0. The summed E-state index contributed by atoms with van der Waals surface area (Å²) in [6.45, 7) is 0. The van der Waals surface area contributed by atoms with E-state index < -0.39 is 0 Å². The molecule has 0 bridgehead atoms.